The van der Waals surface area contributed by atoms with Crippen LogP contribution in [0.2, 0.25) is 0 Å². The average Bonchev–Trinajstić information content (AvgIpc) is 2.83. The van der Waals surface area contributed by atoms with Crippen LogP contribution in [-0.2, 0) is 6.54 Å². The third-order valence-electron chi connectivity index (χ3n) is 3.79. The molecule has 0 bridgehead atoms. The van der Waals surface area contributed by atoms with E-state index >= 15 is 0 Å². The van der Waals surface area contributed by atoms with Crippen LogP contribution in [0.25, 0.3) is 0 Å². The molecule has 0 aromatic heterocycles. The van der Waals surface area contributed by atoms with Crippen molar-refractivity contribution in [3.63, 3.8) is 0 Å². The Morgan fingerprint density at radius 3 is 2.43 bits per heavy atom. The second-order valence-electron chi connectivity index (χ2n) is 5.33. The summed E-state index contributed by atoms with van der Waals surface area (Å²) in [5, 5.41) is 0. The fourth-order valence-electron chi connectivity index (χ4n) is 2.56. The molecule has 0 radical (unpaired) electrons. The number of amides is 1. The Hall–Kier alpha value is -2.49. The maximum atomic E-state index is 12.5. The Morgan fingerprint density at radius 2 is 1.81 bits per heavy atom. The lowest BCUT2D eigenvalue weighted by atomic mass is 10.1. The van der Waals surface area contributed by atoms with Crippen LogP contribution in [-0.4, -0.2) is 27.1 Å². The van der Waals surface area contributed by atoms with Crippen molar-refractivity contribution in [2.24, 2.45) is 0 Å². The molecule has 0 unspecified atom stereocenters. The lowest BCUT2D eigenvalue weighted by Crippen LogP contribution is -2.23. The van der Waals surface area contributed by atoms with Crippen LogP contribution in [0.3, 0.4) is 0 Å². The van der Waals surface area contributed by atoms with Gasteiger partial charge in [-0.15, -0.1) is 0 Å². The van der Waals surface area contributed by atoms with Crippen molar-refractivity contribution in [3.05, 3.63) is 53.6 Å². The van der Waals surface area contributed by atoms with Crippen molar-refractivity contribution in [1.29, 1.82) is 0 Å². The summed E-state index contributed by atoms with van der Waals surface area (Å²) in [5.74, 6) is 0.830. The number of hydrogen-bond acceptors (Lipinski definition) is 3. The highest BCUT2D eigenvalue weighted by Gasteiger charge is 2.28. The molecule has 1 heterocycles. The minimum Gasteiger partial charge on any atom is -0.497 e. The zero-order valence-corrected chi connectivity index (χ0v) is 12.5. The first-order valence-corrected chi connectivity index (χ1v) is 6.86. The molecule has 108 valence electrons. The third kappa shape index (κ3) is 2.33. The van der Waals surface area contributed by atoms with Gasteiger partial charge < -0.3 is 14.5 Å². The Bertz CT molecular complexity index is 678. The van der Waals surface area contributed by atoms with E-state index in [0.29, 0.717) is 6.54 Å². The van der Waals surface area contributed by atoms with Gasteiger partial charge in [-0.05, 0) is 48.0 Å². The summed E-state index contributed by atoms with van der Waals surface area (Å²) in [6, 6.07) is 13.6. The number of carbonyl (C=O) groups is 1. The van der Waals surface area contributed by atoms with Crippen LogP contribution >= 0.6 is 0 Å². The van der Waals surface area contributed by atoms with Gasteiger partial charge in [0, 0.05) is 31.0 Å². The molecule has 0 fully saturated rings. The molecule has 21 heavy (non-hydrogen) atoms. The summed E-state index contributed by atoms with van der Waals surface area (Å²) in [6.07, 6.45) is 0. The molecule has 0 N–H and O–H groups in total. The molecule has 0 saturated carbocycles. The lowest BCUT2D eigenvalue weighted by Gasteiger charge is -2.18. The summed E-state index contributed by atoms with van der Waals surface area (Å²) in [7, 11) is 5.63. The maximum Gasteiger partial charge on any atom is 0.258 e. The number of fused-ring (bicyclic) bond motifs is 1. The fourth-order valence-corrected chi connectivity index (χ4v) is 2.56. The molecular weight excluding hydrogens is 264 g/mol. The van der Waals surface area contributed by atoms with Crippen molar-refractivity contribution in [2.45, 2.75) is 6.54 Å². The Labute approximate surface area is 124 Å². The average molecular weight is 282 g/mol. The number of methoxy groups -OCH3 is 1. The molecule has 1 amide bonds. The van der Waals surface area contributed by atoms with E-state index in [0.717, 1.165) is 28.3 Å². The SMILES string of the molecule is COc1ccc2c(c1)CN(c1ccc(N(C)C)cc1)C2=O. The molecule has 4 nitrogen and oxygen atoms in total. The van der Waals surface area contributed by atoms with Crippen molar-refractivity contribution in [1.82, 2.24) is 0 Å². The quantitative estimate of drug-likeness (QED) is 0.867. The molecule has 2 aromatic carbocycles. The van der Waals surface area contributed by atoms with E-state index < -0.39 is 0 Å². The predicted molar refractivity (Wildman–Crippen MR) is 84.3 cm³/mol. The van der Waals surface area contributed by atoms with Gasteiger partial charge in [-0.25, -0.2) is 0 Å². The normalized spacial score (nSPS) is 13.3. The van der Waals surface area contributed by atoms with Gasteiger partial charge in [0.15, 0.2) is 0 Å². The molecule has 1 aliphatic heterocycles. The molecule has 0 saturated heterocycles. The van der Waals surface area contributed by atoms with Crippen molar-refractivity contribution in [2.75, 3.05) is 31.0 Å². The summed E-state index contributed by atoms with van der Waals surface area (Å²) in [5.41, 5.74) is 3.80. The standard InChI is InChI=1S/C17H18N2O2/c1-18(2)13-4-6-14(7-5-13)19-11-12-10-15(21-3)8-9-16(12)17(19)20/h4-10H,11H2,1-3H3. The first kappa shape index (κ1) is 13.5. The largest absolute Gasteiger partial charge is 0.497 e. The van der Waals surface area contributed by atoms with E-state index in [-0.39, 0.29) is 5.91 Å². The van der Waals surface area contributed by atoms with Crippen molar-refractivity contribution < 1.29 is 9.53 Å². The Balaban J connectivity index is 1.90. The summed E-state index contributed by atoms with van der Waals surface area (Å²) in [6.45, 7) is 0.590. The second kappa shape index (κ2) is 5.13. The third-order valence-corrected chi connectivity index (χ3v) is 3.79. The van der Waals surface area contributed by atoms with E-state index in [1.807, 2.05) is 61.5 Å². The highest BCUT2D eigenvalue weighted by atomic mass is 16.5. The molecule has 4 heteroatoms. The first-order chi connectivity index (χ1) is 10.1. The van der Waals surface area contributed by atoms with Crippen LogP contribution in [0.4, 0.5) is 11.4 Å². The van der Waals surface area contributed by atoms with Gasteiger partial charge >= 0.3 is 0 Å². The monoisotopic (exact) mass is 282 g/mol. The Kier molecular flexibility index (Phi) is 3.29. The van der Waals surface area contributed by atoms with Crippen molar-refractivity contribution >= 4 is 17.3 Å². The molecule has 0 aliphatic carbocycles. The van der Waals surface area contributed by atoms with Gasteiger partial charge in [0.25, 0.3) is 5.91 Å². The molecule has 1 aliphatic rings. The Morgan fingerprint density at radius 1 is 1.10 bits per heavy atom. The molecule has 2 aromatic rings. The minimum atomic E-state index is 0.0465. The van der Waals surface area contributed by atoms with Crippen LogP contribution in [0.15, 0.2) is 42.5 Å². The smallest absolute Gasteiger partial charge is 0.258 e. The topological polar surface area (TPSA) is 32.8 Å². The van der Waals surface area contributed by atoms with Gasteiger partial charge in [-0.2, -0.15) is 0 Å². The van der Waals surface area contributed by atoms with E-state index in [1.165, 1.54) is 0 Å². The summed E-state index contributed by atoms with van der Waals surface area (Å²) >= 11 is 0. The van der Waals surface area contributed by atoms with Gasteiger partial charge in [0.1, 0.15) is 5.75 Å². The number of ether oxygens (including phenoxy) is 1. The zero-order chi connectivity index (χ0) is 15.0. The number of nitrogens with zero attached hydrogens (tertiary/aromatic N) is 2. The van der Waals surface area contributed by atoms with Gasteiger partial charge in [0.2, 0.25) is 0 Å². The maximum absolute atomic E-state index is 12.5. The molecule has 0 spiro atoms. The van der Waals surface area contributed by atoms with Crippen LogP contribution in [0, 0.1) is 0 Å². The lowest BCUT2D eigenvalue weighted by molar-refractivity contribution is 0.0996. The molecule has 0 atom stereocenters. The number of rotatable bonds is 3. The van der Waals surface area contributed by atoms with Gasteiger partial charge in [0.05, 0.1) is 13.7 Å². The van der Waals surface area contributed by atoms with Gasteiger partial charge in [-0.3, -0.25) is 4.79 Å². The number of carbonyl (C=O) groups excluding carboxylic acids is 1. The van der Waals surface area contributed by atoms with E-state index in [9.17, 15) is 4.79 Å². The van der Waals surface area contributed by atoms with Crippen LogP contribution in [0.5, 0.6) is 5.75 Å². The number of anilines is 2. The molecule has 3 rings (SSSR count). The zero-order valence-electron chi connectivity index (χ0n) is 12.5. The van der Waals surface area contributed by atoms with Crippen LogP contribution in [0.1, 0.15) is 15.9 Å². The molecular formula is C17H18N2O2. The van der Waals surface area contributed by atoms with Crippen LogP contribution < -0.4 is 14.5 Å². The van der Waals surface area contributed by atoms with Crippen molar-refractivity contribution in [3.8, 4) is 5.75 Å². The summed E-state index contributed by atoms with van der Waals surface area (Å²) < 4.78 is 5.22. The number of hydrogen-bond donors (Lipinski definition) is 0. The second-order valence-corrected chi connectivity index (χ2v) is 5.33. The number of benzene rings is 2. The van der Waals surface area contributed by atoms with Gasteiger partial charge in [-0.1, -0.05) is 0 Å². The fraction of sp³-hybridized carbons (Fsp3) is 0.235. The predicted octanol–water partition coefficient (Wildman–Crippen LogP) is 2.92. The van der Waals surface area contributed by atoms with E-state index in [2.05, 4.69) is 0 Å². The minimum absolute atomic E-state index is 0.0465. The first-order valence-electron chi connectivity index (χ1n) is 6.86. The van der Waals surface area contributed by atoms with E-state index in [4.69, 9.17) is 4.74 Å². The summed E-state index contributed by atoms with van der Waals surface area (Å²) in [4.78, 5) is 16.3. The highest BCUT2D eigenvalue weighted by Crippen LogP contribution is 2.31. The van der Waals surface area contributed by atoms with E-state index in [1.54, 1.807) is 12.0 Å². The highest BCUT2D eigenvalue weighted by molar-refractivity contribution is 6.10.